The van der Waals surface area contributed by atoms with Gasteiger partial charge in [-0.25, -0.2) is 0 Å². The van der Waals surface area contributed by atoms with Crippen LogP contribution < -0.4 is 0 Å². The molecule has 94 valence electrons. The van der Waals surface area contributed by atoms with Crippen LogP contribution in [0, 0.1) is 10.1 Å². The van der Waals surface area contributed by atoms with Crippen LogP contribution in [0.4, 0.5) is 5.69 Å². The summed E-state index contributed by atoms with van der Waals surface area (Å²) < 4.78 is 0.0946. The van der Waals surface area contributed by atoms with Crippen LogP contribution >= 0.6 is 11.8 Å². The third-order valence-electron chi connectivity index (χ3n) is 2.23. The van der Waals surface area contributed by atoms with Gasteiger partial charge in [-0.15, -0.1) is 0 Å². The number of hydrogen-bond acceptors (Lipinski definition) is 4. The van der Waals surface area contributed by atoms with Crippen LogP contribution in [0.3, 0.4) is 0 Å². The van der Waals surface area contributed by atoms with Gasteiger partial charge in [-0.3, -0.25) is 10.1 Å². The maximum atomic E-state index is 10.7. The van der Waals surface area contributed by atoms with Crippen molar-refractivity contribution < 1.29 is 10.0 Å². The zero-order chi connectivity index (χ0) is 13.1. The molecule has 1 aromatic carbocycles. The van der Waals surface area contributed by atoms with Gasteiger partial charge >= 0.3 is 0 Å². The number of rotatable bonds is 4. The summed E-state index contributed by atoms with van der Waals surface area (Å²) in [5.74, 6) is 0.668. The van der Waals surface area contributed by atoms with Crippen molar-refractivity contribution in [2.45, 2.75) is 37.9 Å². The van der Waals surface area contributed by atoms with Gasteiger partial charge in [-0.1, -0.05) is 20.8 Å². The molecule has 0 atom stereocenters. The molecule has 0 fully saturated rings. The van der Waals surface area contributed by atoms with Crippen LogP contribution in [0.1, 0.15) is 31.9 Å². The fraction of sp³-hybridized carbons (Fsp3) is 0.500. The van der Waals surface area contributed by atoms with Crippen molar-refractivity contribution in [1.29, 1.82) is 0 Å². The van der Waals surface area contributed by atoms with Gasteiger partial charge in [0, 0.05) is 22.6 Å². The second-order valence-electron chi connectivity index (χ2n) is 4.77. The van der Waals surface area contributed by atoms with E-state index in [1.165, 1.54) is 6.07 Å². The lowest BCUT2D eigenvalue weighted by atomic mass is 10.1. The average Bonchev–Trinajstić information content (AvgIpc) is 2.24. The summed E-state index contributed by atoms with van der Waals surface area (Å²) in [6.45, 7) is 6.19. The Kier molecular flexibility index (Phi) is 4.54. The van der Waals surface area contributed by atoms with Crippen molar-refractivity contribution in [2.24, 2.45) is 0 Å². The van der Waals surface area contributed by atoms with Crippen LogP contribution in [-0.2, 0) is 12.4 Å². The summed E-state index contributed by atoms with van der Waals surface area (Å²) in [6.07, 6.45) is 0. The molecule has 5 heteroatoms. The normalized spacial score (nSPS) is 11.5. The Morgan fingerprint density at radius 2 is 2.00 bits per heavy atom. The molecule has 0 aromatic heterocycles. The molecule has 0 spiro atoms. The number of hydrogen-bond donors (Lipinski definition) is 1. The van der Waals surface area contributed by atoms with Crippen molar-refractivity contribution in [3.63, 3.8) is 0 Å². The van der Waals surface area contributed by atoms with Gasteiger partial charge in [0.2, 0.25) is 0 Å². The minimum absolute atomic E-state index is 0.0757. The number of thioether (sulfide) groups is 1. The molecule has 0 aliphatic carbocycles. The summed E-state index contributed by atoms with van der Waals surface area (Å²) in [5.41, 5.74) is 1.67. The van der Waals surface area contributed by atoms with E-state index in [2.05, 4.69) is 20.8 Å². The van der Waals surface area contributed by atoms with E-state index in [1.807, 2.05) is 0 Å². The average molecular weight is 255 g/mol. The van der Waals surface area contributed by atoms with E-state index in [1.54, 1.807) is 23.9 Å². The summed E-state index contributed by atoms with van der Waals surface area (Å²) in [7, 11) is 0. The molecule has 0 bridgehead atoms. The monoisotopic (exact) mass is 255 g/mol. The molecule has 0 aliphatic heterocycles. The third-order valence-corrected chi connectivity index (χ3v) is 3.55. The topological polar surface area (TPSA) is 63.4 Å². The molecule has 0 heterocycles. The molecule has 17 heavy (non-hydrogen) atoms. The van der Waals surface area contributed by atoms with E-state index >= 15 is 0 Å². The Hall–Kier alpha value is -1.07. The van der Waals surface area contributed by atoms with Crippen LogP contribution in [0.15, 0.2) is 18.2 Å². The highest BCUT2D eigenvalue weighted by Gasteiger charge is 2.14. The van der Waals surface area contributed by atoms with Gasteiger partial charge < -0.3 is 5.11 Å². The van der Waals surface area contributed by atoms with E-state index < -0.39 is 4.92 Å². The predicted octanol–water partition coefficient (Wildman–Crippen LogP) is 3.12. The Morgan fingerprint density at radius 3 is 2.47 bits per heavy atom. The zero-order valence-electron chi connectivity index (χ0n) is 10.3. The van der Waals surface area contributed by atoms with Crippen molar-refractivity contribution >= 4 is 17.4 Å². The molecule has 0 saturated carbocycles. The second-order valence-corrected chi connectivity index (χ2v) is 6.57. The minimum Gasteiger partial charge on any atom is -0.392 e. The van der Waals surface area contributed by atoms with Crippen LogP contribution in [0.25, 0.3) is 0 Å². The number of aliphatic hydroxyl groups excluding tert-OH is 1. The van der Waals surface area contributed by atoms with Gasteiger partial charge in [-0.2, -0.15) is 11.8 Å². The first-order valence-electron chi connectivity index (χ1n) is 5.34. The lowest BCUT2D eigenvalue weighted by molar-refractivity contribution is -0.384. The van der Waals surface area contributed by atoms with E-state index in [-0.39, 0.29) is 17.0 Å². The Bertz CT molecular complexity index is 413. The molecule has 1 rings (SSSR count). The predicted molar refractivity (Wildman–Crippen MR) is 70.1 cm³/mol. The smallest absolute Gasteiger partial charge is 0.269 e. The molecule has 0 aliphatic rings. The zero-order valence-corrected chi connectivity index (χ0v) is 11.1. The number of non-ortho nitro benzene ring substituents is 1. The Labute approximate surface area is 105 Å². The van der Waals surface area contributed by atoms with Crippen molar-refractivity contribution in [1.82, 2.24) is 0 Å². The van der Waals surface area contributed by atoms with Gasteiger partial charge in [-0.05, 0) is 17.2 Å². The Morgan fingerprint density at radius 1 is 1.35 bits per heavy atom. The fourth-order valence-corrected chi connectivity index (χ4v) is 2.17. The van der Waals surface area contributed by atoms with Gasteiger partial charge in [0.1, 0.15) is 0 Å². The second kappa shape index (κ2) is 5.51. The molecular weight excluding hydrogens is 238 g/mol. The third kappa shape index (κ3) is 4.36. The maximum absolute atomic E-state index is 10.7. The number of benzene rings is 1. The summed E-state index contributed by atoms with van der Waals surface area (Å²) in [5, 5.41) is 19.9. The van der Waals surface area contributed by atoms with Crippen molar-refractivity contribution in [3.05, 3.63) is 39.4 Å². The number of nitrogens with zero attached hydrogens (tertiary/aromatic N) is 1. The summed E-state index contributed by atoms with van der Waals surface area (Å²) in [6, 6.07) is 4.60. The van der Waals surface area contributed by atoms with Gasteiger partial charge in [0.15, 0.2) is 0 Å². The molecule has 0 amide bonds. The first kappa shape index (κ1) is 14.0. The molecular formula is C12H17NO3S. The van der Waals surface area contributed by atoms with E-state index in [0.29, 0.717) is 5.75 Å². The van der Waals surface area contributed by atoms with E-state index in [4.69, 9.17) is 0 Å². The van der Waals surface area contributed by atoms with Crippen LogP contribution in [0.2, 0.25) is 0 Å². The quantitative estimate of drug-likeness (QED) is 0.663. The van der Waals surface area contributed by atoms with E-state index in [0.717, 1.165) is 11.1 Å². The largest absolute Gasteiger partial charge is 0.392 e. The van der Waals surface area contributed by atoms with Gasteiger partial charge in [0.25, 0.3) is 5.69 Å². The minimum atomic E-state index is -0.410. The molecule has 1 aromatic rings. The van der Waals surface area contributed by atoms with Crippen molar-refractivity contribution in [3.8, 4) is 0 Å². The van der Waals surface area contributed by atoms with Crippen molar-refractivity contribution in [2.75, 3.05) is 0 Å². The number of aliphatic hydroxyl groups is 1. The lowest BCUT2D eigenvalue weighted by Crippen LogP contribution is -2.08. The molecule has 0 unspecified atom stereocenters. The first-order valence-corrected chi connectivity index (χ1v) is 6.33. The highest BCUT2D eigenvalue weighted by molar-refractivity contribution is 7.99. The summed E-state index contributed by atoms with van der Waals surface area (Å²) in [4.78, 5) is 10.3. The van der Waals surface area contributed by atoms with Crippen LogP contribution in [-0.4, -0.2) is 14.8 Å². The highest BCUT2D eigenvalue weighted by Crippen LogP contribution is 2.30. The first-order chi connectivity index (χ1) is 7.83. The molecule has 1 N–H and O–H groups in total. The molecule has 0 saturated heterocycles. The standard InChI is InChI=1S/C12H17NO3S/c1-12(2,3)17-8-10-6-11(13(15)16)5-4-9(10)7-14/h4-6,14H,7-8H2,1-3H3. The SMILES string of the molecule is CC(C)(C)SCc1cc([N+](=O)[O-])ccc1CO. The summed E-state index contributed by atoms with van der Waals surface area (Å²) >= 11 is 1.70. The number of nitro groups is 1. The fourth-order valence-electron chi connectivity index (χ4n) is 1.31. The van der Waals surface area contributed by atoms with E-state index in [9.17, 15) is 15.2 Å². The highest BCUT2D eigenvalue weighted by atomic mass is 32.2. The lowest BCUT2D eigenvalue weighted by Gasteiger charge is -2.18. The molecule has 4 nitrogen and oxygen atoms in total. The Balaban J connectivity index is 2.94. The number of nitro benzene ring substituents is 1. The maximum Gasteiger partial charge on any atom is 0.269 e. The molecule has 0 radical (unpaired) electrons. The van der Waals surface area contributed by atoms with Crippen LogP contribution in [0.5, 0.6) is 0 Å². The van der Waals surface area contributed by atoms with Gasteiger partial charge in [0.05, 0.1) is 11.5 Å².